The summed E-state index contributed by atoms with van der Waals surface area (Å²) in [6, 6.07) is 0.136. The molecule has 1 aromatic rings. The number of aliphatic imine (C=N–C) groups is 1. The second-order valence-corrected chi connectivity index (χ2v) is 2.78. The average Bonchev–Trinajstić information content (AvgIpc) is 2.18. The highest BCUT2D eigenvalue weighted by Crippen LogP contribution is 2.38. The van der Waals surface area contributed by atoms with Crippen molar-refractivity contribution in [1.29, 1.82) is 0 Å². The molecule has 5 nitrogen and oxygen atoms in total. The van der Waals surface area contributed by atoms with Gasteiger partial charge in [0.25, 0.3) is 5.69 Å². The predicted octanol–water partition coefficient (Wildman–Crippen LogP) is 2.72. The number of nitro groups is 1. The van der Waals surface area contributed by atoms with E-state index in [4.69, 9.17) is 0 Å². The van der Waals surface area contributed by atoms with Crippen molar-refractivity contribution >= 4 is 17.5 Å². The summed E-state index contributed by atoms with van der Waals surface area (Å²) in [5.41, 5.74) is -3.69. The lowest BCUT2D eigenvalue weighted by atomic mass is 10.1. The van der Waals surface area contributed by atoms with Crippen LogP contribution in [0.1, 0.15) is 5.56 Å². The molecule has 9 heteroatoms. The van der Waals surface area contributed by atoms with Gasteiger partial charge in [0.15, 0.2) is 5.69 Å². The Morgan fingerprint density at radius 3 is 2.35 bits per heavy atom. The van der Waals surface area contributed by atoms with Gasteiger partial charge in [-0.25, -0.2) is 9.18 Å². The van der Waals surface area contributed by atoms with Gasteiger partial charge >= 0.3 is 6.18 Å². The van der Waals surface area contributed by atoms with Crippen LogP contribution >= 0.6 is 0 Å². The first kappa shape index (κ1) is 12.8. The zero-order valence-electron chi connectivity index (χ0n) is 7.79. The van der Waals surface area contributed by atoms with Gasteiger partial charge in [-0.15, -0.1) is 0 Å². The molecule has 0 heterocycles. The highest BCUT2D eigenvalue weighted by molar-refractivity contribution is 5.63. The number of benzene rings is 1. The molecule has 0 aliphatic heterocycles. The summed E-state index contributed by atoms with van der Waals surface area (Å²) in [5.74, 6) is -1.81. The van der Waals surface area contributed by atoms with Gasteiger partial charge in [-0.3, -0.25) is 10.1 Å². The first-order valence-corrected chi connectivity index (χ1v) is 3.90. The minimum atomic E-state index is -5.04. The number of hydrogen-bond donors (Lipinski definition) is 0. The number of halogens is 4. The van der Waals surface area contributed by atoms with E-state index in [1.807, 2.05) is 0 Å². The minimum Gasteiger partial charge on any atom is -0.258 e. The van der Waals surface area contributed by atoms with E-state index in [2.05, 4.69) is 4.99 Å². The topological polar surface area (TPSA) is 72.6 Å². The quantitative estimate of drug-likeness (QED) is 0.266. The van der Waals surface area contributed by atoms with Gasteiger partial charge in [-0.1, -0.05) is 0 Å². The lowest BCUT2D eigenvalue weighted by molar-refractivity contribution is -0.384. The molecule has 0 unspecified atom stereocenters. The zero-order chi connectivity index (χ0) is 13.2. The Bertz CT molecular complexity index is 520. The van der Waals surface area contributed by atoms with E-state index in [1.54, 1.807) is 0 Å². The summed E-state index contributed by atoms with van der Waals surface area (Å²) in [6.07, 6.45) is -4.18. The van der Waals surface area contributed by atoms with Crippen LogP contribution in [0.2, 0.25) is 0 Å². The average molecular weight is 250 g/mol. The molecule has 0 N–H and O–H groups in total. The highest BCUT2D eigenvalue weighted by atomic mass is 19.4. The molecule has 0 saturated heterocycles. The third-order valence-electron chi connectivity index (χ3n) is 1.73. The summed E-state index contributed by atoms with van der Waals surface area (Å²) < 4.78 is 49.7. The molecule has 0 atom stereocenters. The van der Waals surface area contributed by atoms with E-state index >= 15 is 0 Å². The van der Waals surface area contributed by atoms with Gasteiger partial charge in [0.05, 0.1) is 16.6 Å². The van der Waals surface area contributed by atoms with E-state index in [1.165, 1.54) is 0 Å². The monoisotopic (exact) mass is 250 g/mol. The van der Waals surface area contributed by atoms with Crippen molar-refractivity contribution in [2.45, 2.75) is 6.18 Å². The maximum absolute atomic E-state index is 13.0. The molecule has 0 bridgehead atoms. The normalized spacial score (nSPS) is 10.8. The van der Waals surface area contributed by atoms with Crippen LogP contribution in [0, 0.1) is 15.9 Å². The van der Waals surface area contributed by atoms with Crippen LogP contribution < -0.4 is 0 Å². The molecule has 1 aromatic carbocycles. The first-order valence-electron chi connectivity index (χ1n) is 3.90. The van der Waals surface area contributed by atoms with Gasteiger partial charge in [0.1, 0.15) is 5.82 Å². The van der Waals surface area contributed by atoms with E-state index < -0.39 is 33.9 Å². The lowest BCUT2D eigenvalue weighted by Gasteiger charge is -2.08. The molecule has 0 aromatic heterocycles. The van der Waals surface area contributed by atoms with Crippen LogP contribution in [0.3, 0.4) is 0 Å². The van der Waals surface area contributed by atoms with Crippen LogP contribution in [0.4, 0.5) is 28.9 Å². The highest BCUT2D eigenvalue weighted by Gasteiger charge is 2.36. The van der Waals surface area contributed by atoms with Gasteiger partial charge in [0.2, 0.25) is 6.08 Å². The fourth-order valence-electron chi connectivity index (χ4n) is 1.05. The fraction of sp³-hybridized carbons (Fsp3) is 0.125. The molecular weight excluding hydrogens is 248 g/mol. The SMILES string of the molecule is O=C=Nc1cc(C(F)(F)F)c(F)cc1[N+](=O)[O-]. The molecule has 0 aliphatic rings. The Morgan fingerprint density at radius 2 is 1.94 bits per heavy atom. The van der Waals surface area contributed by atoms with E-state index in [-0.39, 0.29) is 12.1 Å². The molecule has 17 heavy (non-hydrogen) atoms. The van der Waals surface area contributed by atoms with Crippen LogP contribution in [0.25, 0.3) is 0 Å². The summed E-state index contributed by atoms with van der Waals surface area (Å²) in [4.78, 5) is 21.9. The van der Waals surface area contributed by atoms with E-state index in [0.717, 1.165) is 6.08 Å². The maximum atomic E-state index is 13.0. The number of carbonyl (C=O) groups excluding carboxylic acids is 1. The van der Waals surface area contributed by atoms with Crippen molar-refractivity contribution in [2.75, 3.05) is 0 Å². The largest absolute Gasteiger partial charge is 0.419 e. The first-order chi connectivity index (χ1) is 7.77. The lowest BCUT2D eigenvalue weighted by Crippen LogP contribution is -2.08. The van der Waals surface area contributed by atoms with Crippen molar-refractivity contribution in [2.24, 2.45) is 4.99 Å². The zero-order valence-corrected chi connectivity index (χ0v) is 7.79. The van der Waals surface area contributed by atoms with Gasteiger partial charge in [-0.2, -0.15) is 18.2 Å². The molecule has 0 amide bonds. The Labute approximate surface area is 90.5 Å². The van der Waals surface area contributed by atoms with Gasteiger partial charge < -0.3 is 0 Å². The van der Waals surface area contributed by atoms with Crippen molar-refractivity contribution in [1.82, 2.24) is 0 Å². The number of alkyl halides is 3. The van der Waals surface area contributed by atoms with Crippen molar-refractivity contribution < 1.29 is 27.3 Å². The van der Waals surface area contributed by atoms with Gasteiger partial charge in [0, 0.05) is 0 Å². The Kier molecular flexibility index (Phi) is 3.23. The Morgan fingerprint density at radius 1 is 1.35 bits per heavy atom. The molecular formula is C8H2F4N2O3. The summed E-state index contributed by atoms with van der Waals surface area (Å²) in [6.45, 7) is 0. The van der Waals surface area contributed by atoms with Gasteiger partial charge in [-0.05, 0) is 6.07 Å². The second kappa shape index (κ2) is 4.30. The summed E-state index contributed by atoms with van der Waals surface area (Å²) in [5, 5.41) is 10.4. The standard InChI is InChI=1S/C8H2F4N2O3/c9-5-2-7(14(16)17)6(13-3-15)1-4(5)8(10,11)12/h1-2H. The van der Waals surface area contributed by atoms with Crippen LogP contribution in [-0.4, -0.2) is 11.0 Å². The van der Waals surface area contributed by atoms with Crippen LogP contribution in [0.15, 0.2) is 17.1 Å². The number of nitro benzene ring substituents is 1. The van der Waals surface area contributed by atoms with E-state index in [0.29, 0.717) is 0 Å². The third kappa shape index (κ3) is 2.64. The molecule has 0 fully saturated rings. The second-order valence-electron chi connectivity index (χ2n) is 2.78. The molecule has 90 valence electrons. The molecule has 0 radical (unpaired) electrons. The van der Waals surface area contributed by atoms with Crippen molar-refractivity contribution in [3.63, 3.8) is 0 Å². The molecule has 0 aliphatic carbocycles. The molecule has 0 saturated carbocycles. The smallest absolute Gasteiger partial charge is 0.258 e. The summed E-state index contributed by atoms with van der Waals surface area (Å²) in [7, 11) is 0. The number of rotatable bonds is 2. The third-order valence-corrected chi connectivity index (χ3v) is 1.73. The van der Waals surface area contributed by atoms with Crippen LogP contribution in [-0.2, 0) is 11.0 Å². The number of nitrogens with zero attached hydrogens (tertiary/aromatic N) is 2. The number of hydrogen-bond acceptors (Lipinski definition) is 4. The molecule has 0 spiro atoms. The Balaban J connectivity index is 3.56. The predicted molar refractivity (Wildman–Crippen MR) is 45.8 cm³/mol. The van der Waals surface area contributed by atoms with Crippen LogP contribution in [0.5, 0.6) is 0 Å². The summed E-state index contributed by atoms with van der Waals surface area (Å²) >= 11 is 0. The number of isocyanates is 1. The molecule has 1 rings (SSSR count). The van der Waals surface area contributed by atoms with Crippen molar-refractivity contribution in [3.05, 3.63) is 33.6 Å². The maximum Gasteiger partial charge on any atom is 0.419 e. The van der Waals surface area contributed by atoms with E-state index in [9.17, 15) is 32.5 Å². The minimum absolute atomic E-state index is 0.0546. The Hall–Kier alpha value is -2.28. The fourth-order valence-corrected chi connectivity index (χ4v) is 1.05. The van der Waals surface area contributed by atoms with Crippen molar-refractivity contribution in [3.8, 4) is 0 Å².